The Morgan fingerprint density at radius 3 is 2.62 bits per heavy atom. The summed E-state index contributed by atoms with van der Waals surface area (Å²) in [6.45, 7) is 0.899. The molecule has 0 amide bonds. The van der Waals surface area contributed by atoms with Crippen LogP contribution in [-0.2, 0) is 13.5 Å². The first kappa shape index (κ1) is 15.1. The monoisotopic (exact) mass is 289 g/mol. The minimum absolute atomic E-state index is 0.0365. The van der Waals surface area contributed by atoms with E-state index in [2.05, 4.69) is 10.00 Å². The van der Waals surface area contributed by atoms with Gasteiger partial charge in [-0.15, -0.1) is 0 Å². The van der Waals surface area contributed by atoms with Crippen molar-refractivity contribution in [1.29, 1.82) is 0 Å². The number of carboxylic acids is 1. The molecule has 0 aliphatic heterocycles. The van der Waals surface area contributed by atoms with Gasteiger partial charge in [-0.05, 0) is 44.3 Å². The number of carbonyl (C=O) groups is 1. The molecule has 21 heavy (non-hydrogen) atoms. The van der Waals surface area contributed by atoms with Crippen LogP contribution in [0, 0.1) is 0 Å². The number of benzene rings is 1. The van der Waals surface area contributed by atoms with E-state index in [1.165, 1.54) is 10.7 Å². The molecule has 2 aromatic rings. The van der Waals surface area contributed by atoms with Crippen LogP contribution in [0.25, 0.3) is 11.3 Å². The second kappa shape index (κ2) is 5.97. The summed E-state index contributed by atoms with van der Waals surface area (Å²) in [6, 6.07) is 6.85. The summed E-state index contributed by atoms with van der Waals surface area (Å²) in [6.07, 6.45) is 0.851. The van der Waals surface area contributed by atoms with Gasteiger partial charge in [0.15, 0.2) is 5.69 Å². The molecule has 1 aromatic heterocycles. The molecule has 0 saturated heterocycles. The van der Waals surface area contributed by atoms with Gasteiger partial charge >= 0.3 is 5.97 Å². The van der Waals surface area contributed by atoms with Crippen LogP contribution in [0.4, 0.5) is 0 Å². The van der Waals surface area contributed by atoms with Crippen molar-refractivity contribution in [3.05, 3.63) is 35.5 Å². The average Bonchev–Trinajstić information content (AvgIpc) is 2.80. The predicted octanol–water partition coefficient (Wildman–Crippen LogP) is 1.59. The third kappa shape index (κ3) is 3.41. The van der Waals surface area contributed by atoms with Gasteiger partial charge in [-0.1, -0.05) is 6.07 Å². The number of hydrogen-bond acceptors (Lipinski definition) is 4. The molecular formula is C15H19N3O3. The number of hydrogen-bond donors (Lipinski definition) is 2. The van der Waals surface area contributed by atoms with Crippen LogP contribution in [0.5, 0.6) is 5.75 Å². The molecule has 0 aliphatic carbocycles. The highest BCUT2D eigenvalue weighted by molar-refractivity contribution is 5.87. The van der Waals surface area contributed by atoms with Gasteiger partial charge in [-0.2, -0.15) is 5.10 Å². The summed E-state index contributed by atoms with van der Waals surface area (Å²) in [5.74, 6) is -0.969. The van der Waals surface area contributed by atoms with Gasteiger partial charge in [0.25, 0.3) is 0 Å². The molecule has 6 heteroatoms. The number of carboxylic acid groups (broad SMARTS) is 1. The number of aromatic carboxylic acids is 1. The van der Waals surface area contributed by atoms with Gasteiger partial charge in [0.2, 0.25) is 0 Å². The third-order valence-electron chi connectivity index (χ3n) is 3.28. The fourth-order valence-corrected chi connectivity index (χ4v) is 2.12. The van der Waals surface area contributed by atoms with E-state index in [-0.39, 0.29) is 11.4 Å². The minimum Gasteiger partial charge on any atom is -0.507 e. The Balaban J connectivity index is 2.38. The maximum atomic E-state index is 11.0. The van der Waals surface area contributed by atoms with Gasteiger partial charge in [-0.25, -0.2) is 4.79 Å². The predicted molar refractivity (Wildman–Crippen MR) is 79.5 cm³/mol. The zero-order valence-electron chi connectivity index (χ0n) is 12.4. The number of likely N-dealkylation sites (N-methyl/N-ethyl adjacent to an activating group) is 1. The number of nitrogens with zero attached hydrogens (tertiary/aromatic N) is 3. The molecule has 0 fully saturated rings. The first-order valence-corrected chi connectivity index (χ1v) is 6.63. The Labute approximate surface area is 123 Å². The molecule has 2 N–H and O–H groups in total. The molecule has 0 atom stereocenters. The summed E-state index contributed by atoms with van der Waals surface area (Å²) >= 11 is 0. The van der Waals surface area contributed by atoms with E-state index in [0.29, 0.717) is 11.3 Å². The lowest BCUT2D eigenvalue weighted by Crippen LogP contribution is -2.15. The van der Waals surface area contributed by atoms with Gasteiger partial charge < -0.3 is 15.1 Å². The highest BCUT2D eigenvalue weighted by Gasteiger charge is 2.15. The Bertz CT molecular complexity index is 662. The second-order valence-electron chi connectivity index (χ2n) is 5.25. The molecule has 0 saturated carbocycles. The van der Waals surface area contributed by atoms with E-state index in [1.807, 2.05) is 26.2 Å². The van der Waals surface area contributed by atoms with Crippen molar-refractivity contribution < 1.29 is 15.0 Å². The minimum atomic E-state index is -1.08. The van der Waals surface area contributed by atoms with Crippen LogP contribution < -0.4 is 0 Å². The number of rotatable bonds is 5. The first-order valence-electron chi connectivity index (χ1n) is 6.63. The lowest BCUT2D eigenvalue weighted by atomic mass is 10.0. The Hall–Kier alpha value is -2.34. The molecule has 1 heterocycles. The lowest BCUT2D eigenvalue weighted by Gasteiger charge is -2.11. The number of aryl methyl sites for hydroxylation is 1. The molecule has 112 valence electrons. The van der Waals surface area contributed by atoms with Crippen LogP contribution in [0.3, 0.4) is 0 Å². The Morgan fingerprint density at radius 2 is 2.05 bits per heavy atom. The van der Waals surface area contributed by atoms with Crippen molar-refractivity contribution in [2.45, 2.75) is 6.42 Å². The molecular weight excluding hydrogens is 270 g/mol. The summed E-state index contributed by atoms with van der Waals surface area (Å²) in [5, 5.41) is 23.0. The zero-order chi connectivity index (χ0) is 15.6. The molecule has 1 aromatic carbocycles. The van der Waals surface area contributed by atoms with Crippen molar-refractivity contribution >= 4 is 5.97 Å². The Morgan fingerprint density at radius 1 is 1.33 bits per heavy atom. The Kier molecular flexibility index (Phi) is 4.28. The van der Waals surface area contributed by atoms with Crippen molar-refractivity contribution in [2.24, 2.45) is 7.05 Å². The standard InChI is InChI=1S/C15H19N3O3/c1-17(2)7-6-10-4-5-14(19)11(8-10)13-9-12(15(20)21)16-18(13)3/h4-5,8-9,19H,6-7H2,1-3H3,(H,20,21). The number of aromatic nitrogens is 2. The van der Waals surface area contributed by atoms with E-state index in [0.717, 1.165) is 18.5 Å². The van der Waals surface area contributed by atoms with Crippen LogP contribution in [0.15, 0.2) is 24.3 Å². The van der Waals surface area contributed by atoms with Crippen molar-refractivity contribution in [2.75, 3.05) is 20.6 Å². The first-order chi connectivity index (χ1) is 9.88. The molecule has 0 radical (unpaired) electrons. The van der Waals surface area contributed by atoms with E-state index in [1.54, 1.807) is 13.1 Å². The molecule has 0 bridgehead atoms. The number of phenols is 1. The second-order valence-corrected chi connectivity index (χ2v) is 5.25. The zero-order valence-corrected chi connectivity index (χ0v) is 12.4. The van der Waals surface area contributed by atoms with Crippen LogP contribution in [-0.4, -0.2) is 51.5 Å². The molecule has 0 spiro atoms. The average molecular weight is 289 g/mol. The van der Waals surface area contributed by atoms with Crippen LogP contribution in [0.1, 0.15) is 16.1 Å². The molecule has 6 nitrogen and oxygen atoms in total. The molecule has 0 aliphatic rings. The highest BCUT2D eigenvalue weighted by atomic mass is 16.4. The van der Waals surface area contributed by atoms with Gasteiger partial charge in [0, 0.05) is 19.2 Å². The van der Waals surface area contributed by atoms with Crippen LogP contribution in [0.2, 0.25) is 0 Å². The maximum Gasteiger partial charge on any atom is 0.356 e. The summed E-state index contributed by atoms with van der Waals surface area (Å²) in [4.78, 5) is 13.1. The van der Waals surface area contributed by atoms with Crippen molar-refractivity contribution in [3.8, 4) is 17.0 Å². The van der Waals surface area contributed by atoms with E-state index >= 15 is 0 Å². The fourth-order valence-electron chi connectivity index (χ4n) is 2.12. The number of phenolic OH excluding ortho intramolecular Hbond substituents is 1. The molecule has 0 unspecified atom stereocenters. The summed E-state index contributed by atoms with van der Waals surface area (Å²) < 4.78 is 1.47. The normalized spacial score (nSPS) is 11.0. The van der Waals surface area contributed by atoms with Gasteiger partial charge in [-0.3, -0.25) is 4.68 Å². The van der Waals surface area contributed by atoms with Crippen molar-refractivity contribution in [1.82, 2.24) is 14.7 Å². The highest BCUT2D eigenvalue weighted by Crippen LogP contribution is 2.30. The van der Waals surface area contributed by atoms with Gasteiger partial charge in [0.05, 0.1) is 5.69 Å². The van der Waals surface area contributed by atoms with E-state index in [4.69, 9.17) is 5.11 Å². The van der Waals surface area contributed by atoms with Crippen molar-refractivity contribution in [3.63, 3.8) is 0 Å². The van der Waals surface area contributed by atoms with Crippen LogP contribution >= 0.6 is 0 Å². The smallest absolute Gasteiger partial charge is 0.356 e. The quantitative estimate of drug-likeness (QED) is 0.874. The largest absolute Gasteiger partial charge is 0.507 e. The number of aromatic hydroxyl groups is 1. The lowest BCUT2D eigenvalue weighted by molar-refractivity contribution is 0.0689. The summed E-state index contributed by atoms with van der Waals surface area (Å²) in [7, 11) is 5.66. The molecule has 2 rings (SSSR count). The summed E-state index contributed by atoms with van der Waals surface area (Å²) in [5.41, 5.74) is 2.21. The SMILES string of the molecule is CN(C)CCc1ccc(O)c(-c2cc(C(=O)O)nn2C)c1. The van der Waals surface area contributed by atoms with E-state index < -0.39 is 5.97 Å². The van der Waals surface area contributed by atoms with Gasteiger partial charge in [0.1, 0.15) is 5.75 Å². The topological polar surface area (TPSA) is 78.6 Å². The van der Waals surface area contributed by atoms with E-state index in [9.17, 15) is 9.90 Å². The maximum absolute atomic E-state index is 11.0. The third-order valence-corrected chi connectivity index (χ3v) is 3.28. The fraction of sp³-hybridized carbons (Fsp3) is 0.333.